The molecule has 0 unspecified atom stereocenters. The highest BCUT2D eigenvalue weighted by Crippen LogP contribution is 2.32. The summed E-state index contributed by atoms with van der Waals surface area (Å²) in [5.41, 5.74) is 2.33. The number of phenols is 1. The van der Waals surface area contributed by atoms with Gasteiger partial charge < -0.3 is 24.8 Å². The van der Waals surface area contributed by atoms with Gasteiger partial charge in [-0.2, -0.15) is 0 Å². The van der Waals surface area contributed by atoms with Crippen molar-refractivity contribution in [2.45, 2.75) is 20.0 Å². The molecule has 0 atom stereocenters. The Kier molecular flexibility index (Phi) is 6.05. The molecule has 29 heavy (non-hydrogen) atoms. The predicted molar refractivity (Wildman–Crippen MR) is 112 cm³/mol. The molecule has 2 aromatic rings. The summed E-state index contributed by atoms with van der Waals surface area (Å²) < 4.78 is 10.9. The predicted octanol–water partition coefficient (Wildman–Crippen LogP) is 2.40. The first kappa shape index (κ1) is 19.4. The Balaban J connectivity index is 1.32. The van der Waals surface area contributed by atoms with Crippen LogP contribution in [0.2, 0.25) is 0 Å². The summed E-state index contributed by atoms with van der Waals surface area (Å²) in [7, 11) is 0. The molecule has 4 rings (SSSR count). The van der Waals surface area contributed by atoms with Gasteiger partial charge in [-0.15, -0.1) is 0 Å². The van der Waals surface area contributed by atoms with E-state index in [1.807, 2.05) is 18.2 Å². The van der Waals surface area contributed by atoms with Crippen molar-refractivity contribution in [3.8, 4) is 17.2 Å². The van der Waals surface area contributed by atoms with E-state index in [-0.39, 0.29) is 5.75 Å². The van der Waals surface area contributed by atoms with Crippen LogP contribution in [0.3, 0.4) is 0 Å². The third kappa shape index (κ3) is 4.92. The lowest BCUT2D eigenvalue weighted by Crippen LogP contribution is -2.52. The van der Waals surface area contributed by atoms with Gasteiger partial charge in [0.25, 0.3) is 0 Å². The number of hydrogen-bond acceptors (Lipinski definition) is 5. The van der Waals surface area contributed by atoms with E-state index >= 15 is 0 Å². The molecule has 0 aliphatic carbocycles. The lowest BCUT2D eigenvalue weighted by Gasteiger charge is -2.36. The standard InChI is InChI=1S/C22H28N4O3/c1-2-23-22(24-14-17-3-6-19(27)7-4-17)26-11-9-25(10-12-26)15-18-5-8-20-21(13-18)29-16-28-20/h3-8,13,27H,2,9-12,14-16H2,1H3,(H,23,24). The van der Waals surface area contributed by atoms with Crippen molar-refractivity contribution >= 4 is 5.96 Å². The second kappa shape index (κ2) is 9.05. The van der Waals surface area contributed by atoms with Crippen LogP contribution in [0.1, 0.15) is 18.1 Å². The van der Waals surface area contributed by atoms with Crippen molar-refractivity contribution in [2.75, 3.05) is 39.5 Å². The van der Waals surface area contributed by atoms with E-state index in [2.05, 4.69) is 34.2 Å². The molecular formula is C22H28N4O3. The number of fused-ring (bicyclic) bond motifs is 1. The molecule has 2 aromatic carbocycles. The topological polar surface area (TPSA) is 69.6 Å². The molecule has 0 amide bonds. The fourth-order valence-corrected chi connectivity index (χ4v) is 3.61. The number of hydrogen-bond donors (Lipinski definition) is 2. The van der Waals surface area contributed by atoms with Crippen LogP contribution in [-0.2, 0) is 13.1 Å². The second-order valence-corrected chi connectivity index (χ2v) is 7.29. The van der Waals surface area contributed by atoms with E-state index in [9.17, 15) is 5.11 Å². The number of nitrogens with zero attached hydrogens (tertiary/aromatic N) is 3. The van der Waals surface area contributed by atoms with Crippen molar-refractivity contribution in [1.82, 2.24) is 15.1 Å². The van der Waals surface area contributed by atoms with Crippen LogP contribution >= 0.6 is 0 Å². The average Bonchev–Trinajstić information content (AvgIpc) is 3.21. The van der Waals surface area contributed by atoms with E-state index < -0.39 is 0 Å². The zero-order valence-corrected chi connectivity index (χ0v) is 16.8. The van der Waals surface area contributed by atoms with Gasteiger partial charge in [-0.3, -0.25) is 4.90 Å². The van der Waals surface area contributed by atoms with Crippen molar-refractivity contribution in [2.24, 2.45) is 4.99 Å². The summed E-state index contributed by atoms with van der Waals surface area (Å²) in [6.07, 6.45) is 0. The van der Waals surface area contributed by atoms with Gasteiger partial charge >= 0.3 is 0 Å². The Bertz CT molecular complexity index is 846. The third-order valence-corrected chi connectivity index (χ3v) is 5.20. The maximum absolute atomic E-state index is 9.42. The molecular weight excluding hydrogens is 368 g/mol. The number of aromatic hydroxyl groups is 1. The Labute approximate surface area is 171 Å². The first-order valence-corrected chi connectivity index (χ1v) is 10.1. The van der Waals surface area contributed by atoms with Gasteiger partial charge in [0.2, 0.25) is 6.79 Å². The Morgan fingerprint density at radius 1 is 1.00 bits per heavy atom. The molecule has 0 radical (unpaired) electrons. The Morgan fingerprint density at radius 2 is 1.72 bits per heavy atom. The summed E-state index contributed by atoms with van der Waals surface area (Å²) in [6.45, 7) is 8.59. The van der Waals surface area contributed by atoms with E-state index in [0.29, 0.717) is 13.3 Å². The summed E-state index contributed by atoms with van der Waals surface area (Å²) in [5, 5.41) is 12.8. The maximum atomic E-state index is 9.42. The third-order valence-electron chi connectivity index (χ3n) is 5.20. The molecule has 7 nitrogen and oxygen atoms in total. The molecule has 0 bridgehead atoms. The van der Waals surface area contributed by atoms with Gasteiger partial charge in [0, 0.05) is 39.3 Å². The molecule has 1 fully saturated rings. The highest BCUT2D eigenvalue weighted by atomic mass is 16.7. The minimum absolute atomic E-state index is 0.281. The summed E-state index contributed by atoms with van der Waals surface area (Å²) >= 11 is 0. The average molecular weight is 396 g/mol. The molecule has 154 valence electrons. The molecule has 2 heterocycles. The highest BCUT2D eigenvalue weighted by Gasteiger charge is 2.21. The van der Waals surface area contributed by atoms with Crippen molar-refractivity contribution in [1.29, 1.82) is 0 Å². The zero-order valence-electron chi connectivity index (χ0n) is 16.8. The summed E-state index contributed by atoms with van der Waals surface area (Å²) in [4.78, 5) is 9.56. The lowest BCUT2D eigenvalue weighted by atomic mass is 10.1. The molecule has 0 spiro atoms. The summed E-state index contributed by atoms with van der Waals surface area (Å²) in [6, 6.07) is 13.4. The fraction of sp³-hybridized carbons (Fsp3) is 0.409. The van der Waals surface area contributed by atoms with Crippen LogP contribution in [-0.4, -0.2) is 60.4 Å². The highest BCUT2D eigenvalue weighted by molar-refractivity contribution is 5.80. The summed E-state index contributed by atoms with van der Waals surface area (Å²) in [5.74, 6) is 2.90. The number of rotatable bonds is 5. The molecule has 7 heteroatoms. The van der Waals surface area contributed by atoms with Crippen LogP contribution < -0.4 is 14.8 Å². The van der Waals surface area contributed by atoms with Crippen LogP contribution in [0.4, 0.5) is 0 Å². The molecule has 0 saturated carbocycles. The van der Waals surface area contributed by atoms with E-state index in [0.717, 1.165) is 62.3 Å². The number of piperazine rings is 1. The van der Waals surface area contributed by atoms with Crippen molar-refractivity contribution in [3.63, 3.8) is 0 Å². The SMILES string of the molecule is CCNC(=NCc1ccc(O)cc1)N1CCN(Cc2ccc3c(c2)OCO3)CC1. The van der Waals surface area contributed by atoms with E-state index in [1.54, 1.807) is 12.1 Å². The maximum Gasteiger partial charge on any atom is 0.231 e. The van der Waals surface area contributed by atoms with E-state index in [4.69, 9.17) is 14.5 Å². The van der Waals surface area contributed by atoms with Crippen LogP contribution in [0.5, 0.6) is 17.2 Å². The molecule has 0 aromatic heterocycles. The number of guanidine groups is 1. The van der Waals surface area contributed by atoms with Gasteiger partial charge in [-0.25, -0.2) is 4.99 Å². The number of ether oxygens (including phenoxy) is 2. The van der Waals surface area contributed by atoms with Gasteiger partial charge in [0.1, 0.15) is 5.75 Å². The van der Waals surface area contributed by atoms with Gasteiger partial charge in [-0.1, -0.05) is 18.2 Å². The van der Waals surface area contributed by atoms with Gasteiger partial charge in [-0.05, 0) is 42.3 Å². The van der Waals surface area contributed by atoms with Crippen LogP contribution in [0, 0.1) is 0 Å². The number of phenolic OH excluding ortho intramolecular Hbond substituents is 1. The number of nitrogens with one attached hydrogen (secondary N) is 1. The largest absolute Gasteiger partial charge is 0.508 e. The minimum Gasteiger partial charge on any atom is -0.508 e. The minimum atomic E-state index is 0.281. The zero-order chi connectivity index (χ0) is 20.1. The Hall–Kier alpha value is -2.93. The van der Waals surface area contributed by atoms with Crippen LogP contribution in [0.25, 0.3) is 0 Å². The number of benzene rings is 2. The van der Waals surface area contributed by atoms with Crippen molar-refractivity contribution in [3.05, 3.63) is 53.6 Å². The molecule has 2 aliphatic rings. The molecule has 2 N–H and O–H groups in total. The molecule has 1 saturated heterocycles. The van der Waals surface area contributed by atoms with Gasteiger partial charge in [0.15, 0.2) is 17.5 Å². The lowest BCUT2D eigenvalue weighted by molar-refractivity contribution is 0.171. The normalized spacial score (nSPS) is 16.9. The monoisotopic (exact) mass is 396 g/mol. The van der Waals surface area contributed by atoms with Gasteiger partial charge in [0.05, 0.1) is 6.54 Å². The second-order valence-electron chi connectivity index (χ2n) is 7.29. The first-order chi connectivity index (χ1) is 14.2. The fourth-order valence-electron chi connectivity index (χ4n) is 3.61. The van der Waals surface area contributed by atoms with E-state index in [1.165, 1.54) is 5.56 Å². The quantitative estimate of drug-likeness (QED) is 0.598. The number of aliphatic imine (C=N–C) groups is 1. The van der Waals surface area contributed by atoms with Crippen LogP contribution in [0.15, 0.2) is 47.5 Å². The molecule has 2 aliphatic heterocycles. The smallest absolute Gasteiger partial charge is 0.231 e. The first-order valence-electron chi connectivity index (χ1n) is 10.1. The Morgan fingerprint density at radius 3 is 2.48 bits per heavy atom. The van der Waals surface area contributed by atoms with Crippen molar-refractivity contribution < 1.29 is 14.6 Å².